The minimum atomic E-state index is -0.156. The van der Waals surface area contributed by atoms with E-state index < -0.39 is 0 Å². The summed E-state index contributed by atoms with van der Waals surface area (Å²) in [6.45, 7) is 0. The Labute approximate surface area is 102 Å². The molecule has 1 aromatic rings. The maximum absolute atomic E-state index is 11.5. The van der Waals surface area contributed by atoms with Gasteiger partial charge in [0.15, 0.2) is 11.6 Å². The predicted octanol–water partition coefficient (Wildman–Crippen LogP) is 3.02. The molecule has 0 N–H and O–H groups in total. The van der Waals surface area contributed by atoms with Crippen molar-refractivity contribution in [2.75, 3.05) is 0 Å². The average Bonchev–Trinajstić information content (AvgIpc) is 2.27. The van der Waals surface area contributed by atoms with Crippen LogP contribution in [-0.4, -0.2) is 11.6 Å². The summed E-state index contributed by atoms with van der Waals surface area (Å²) in [6.07, 6.45) is 3.91. The molecular weight excluding hydrogens is 244 g/mol. The quantitative estimate of drug-likeness (QED) is 0.757. The molecule has 0 unspecified atom stereocenters. The fourth-order valence-electron chi connectivity index (χ4n) is 1.20. The van der Waals surface area contributed by atoms with Crippen LogP contribution in [0.5, 0.6) is 0 Å². The molecule has 80 valence electrons. The zero-order valence-corrected chi connectivity index (χ0v) is 9.72. The Morgan fingerprint density at radius 1 is 1.00 bits per heavy atom. The van der Waals surface area contributed by atoms with Gasteiger partial charge in [-0.15, -0.1) is 0 Å². The SMILES string of the molecule is O=C1C=CC(=O)C(Sc2ccc(Cl)cc2)=C1. The second-order valence-electron chi connectivity index (χ2n) is 3.16. The fraction of sp³-hybridized carbons (Fsp3) is 0. The first-order chi connectivity index (χ1) is 7.65. The van der Waals surface area contributed by atoms with Crippen LogP contribution >= 0.6 is 23.4 Å². The number of carbonyl (C=O) groups is 2. The molecule has 1 aliphatic rings. The highest BCUT2D eigenvalue weighted by Crippen LogP contribution is 2.29. The molecule has 0 bridgehead atoms. The van der Waals surface area contributed by atoms with E-state index in [9.17, 15) is 9.59 Å². The lowest BCUT2D eigenvalue weighted by atomic mass is 10.2. The van der Waals surface area contributed by atoms with Crippen LogP contribution in [0.4, 0.5) is 0 Å². The van der Waals surface area contributed by atoms with Crippen LogP contribution in [0.3, 0.4) is 0 Å². The third kappa shape index (κ3) is 2.62. The van der Waals surface area contributed by atoms with E-state index in [1.165, 1.54) is 30.0 Å². The third-order valence-electron chi connectivity index (χ3n) is 1.96. The van der Waals surface area contributed by atoms with Crippen molar-refractivity contribution in [2.24, 2.45) is 0 Å². The van der Waals surface area contributed by atoms with E-state index in [2.05, 4.69) is 0 Å². The Morgan fingerprint density at radius 2 is 1.69 bits per heavy atom. The first-order valence-corrected chi connectivity index (χ1v) is 5.76. The van der Waals surface area contributed by atoms with Crippen LogP contribution in [0.25, 0.3) is 0 Å². The van der Waals surface area contributed by atoms with E-state index in [0.717, 1.165) is 4.90 Å². The average molecular weight is 251 g/mol. The monoisotopic (exact) mass is 250 g/mol. The molecule has 0 fully saturated rings. The number of rotatable bonds is 2. The maximum atomic E-state index is 11.5. The number of hydrogen-bond acceptors (Lipinski definition) is 3. The van der Waals surface area contributed by atoms with Crippen molar-refractivity contribution in [1.82, 2.24) is 0 Å². The van der Waals surface area contributed by atoms with Crippen LogP contribution in [0.15, 0.2) is 52.3 Å². The van der Waals surface area contributed by atoms with Crippen LogP contribution in [0, 0.1) is 0 Å². The normalized spacial score (nSPS) is 15.2. The lowest BCUT2D eigenvalue weighted by Gasteiger charge is -2.06. The molecule has 0 aromatic heterocycles. The van der Waals surface area contributed by atoms with E-state index >= 15 is 0 Å². The largest absolute Gasteiger partial charge is 0.290 e. The Bertz CT molecular complexity index is 500. The smallest absolute Gasteiger partial charge is 0.192 e. The Kier molecular flexibility index (Phi) is 3.27. The molecule has 2 nitrogen and oxygen atoms in total. The number of allylic oxidation sites excluding steroid dienone is 4. The lowest BCUT2D eigenvalue weighted by molar-refractivity contribution is -0.114. The van der Waals surface area contributed by atoms with Crippen molar-refractivity contribution in [1.29, 1.82) is 0 Å². The number of carbonyl (C=O) groups excluding carboxylic acids is 2. The molecule has 0 atom stereocenters. The third-order valence-corrected chi connectivity index (χ3v) is 3.26. The zero-order chi connectivity index (χ0) is 11.5. The van der Waals surface area contributed by atoms with Crippen LogP contribution in [0.2, 0.25) is 5.02 Å². The molecule has 1 aliphatic carbocycles. The second-order valence-corrected chi connectivity index (χ2v) is 4.72. The highest BCUT2D eigenvalue weighted by molar-refractivity contribution is 8.04. The van der Waals surface area contributed by atoms with Crippen molar-refractivity contribution in [3.05, 3.63) is 52.4 Å². The minimum absolute atomic E-state index is 0.139. The van der Waals surface area contributed by atoms with E-state index in [4.69, 9.17) is 11.6 Å². The van der Waals surface area contributed by atoms with Gasteiger partial charge in [-0.1, -0.05) is 23.4 Å². The molecule has 0 aliphatic heterocycles. The van der Waals surface area contributed by atoms with Gasteiger partial charge in [-0.3, -0.25) is 9.59 Å². The molecule has 0 amide bonds. The van der Waals surface area contributed by atoms with Crippen molar-refractivity contribution in [3.63, 3.8) is 0 Å². The van der Waals surface area contributed by atoms with Gasteiger partial charge in [-0.2, -0.15) is 0 Å². The van der Waals surface area contributed by atoms with E-state index in [1.807, 2.05) is 12.1 Å². The summed E-state index contributed by atoms with van der Waals surface area (Å²) < 4.78 is 0. The molecule has 0 saturated heterocycles. The topological polar surface area (TPSA) is 34.1 Å². The molecule has 0 saturated carbocycles. The summed E-state index contributed by atoms with van der Waals surface area (Å²) in [5, 5.41) is 0.643. The minimum Gasteiger partial charge on any atom is -0.290 e. The Hall–Kier alpha value is -1.32. The summed E-state index contributed by atoms with van der Waals surface area (Å²) in [5.74, 6) is -0.296. The van der Waals surface area contributed by atoms with Gasteiger partial charge >= 0.3 is 0 Å². The van der Waals surface area contributed by atoms with Crippen LogP contribution < -0.4 is 0 Å². The second kappa shape index (κ2) is 4.68. The maximum Gasteiger partial charge on any atom is 0.192 e. The van der Waals surface area contributed by atoms with Gasteiger partial charge in [0.1, 0.15) is 0 Å². The Morgan fingerprint density at radius 3 is 2.38 bits per heavy atom. The van der Waals surface area contributed by atoms with Gasteiger partial charge < -0.3 is 0 Å². The molecule has 0 radical (unpaired) electrons. The highest BCUT2D eigenvalue weighted by Gasteiger charge is 2.14. The molecular formula is C12H7ClO2S. The summed E-state index contributed by atoms with van der Waals surface area (Å²) in [6, 6.07) is 7.11. The number of benzene rings is 1. The highest BCUT2D eigenvalue weighted by atomic mass is 35.5. The fourth-order valence-corrected chi connectivity index (χ4v) is 2.19. The van der Waals surface area contributed by atoms with Crippen molar-refractivity contribution in [2.45, 2.75) is 4.90 Å². The summed E-state index contributed by atoms with van der Waals surface area (Å²) in [4.78, 5) is 23.9. The lowest BCUT2D eigenvalue weighted by Crippen LogP contribution is -2.04. The molecule has 0 heterocycles. The van der Waals surface area contributed by atoms with E-state index in [1.54, 1.807) is 12.1 Å². The predicted molar refractivity (Wildman–Crippen MR) is 64.5 cm³/mol. The summed E-state index contributed by atoms with van der Waals surface area (Å²) in [7, 11) is 0. The first kappa shape index (κ1) is 11.2. The molecule has 16 heavy (non-hydrogen) atoms. The van der Waals surface area contributed by atoms with Crippen molar-refractivity contribution < 1.29 is 9.59 Å². The summed E-state index contributed by atoms with van der Waals surface area (Å²) in [5.41, 5.74) is 0. The zero-order valence-electron chi connectivity index (χ0n) is 8.14. The van der Waals surface area contributed by atoms with Gasteiger partial charge in [0.2, 0.25) is 0 Å². The van der Waals surface area contributed by atoms with Crippen LogP contribution in [-0.2, 0) is 9.59 Å². The number of hydrogen-bond donors (Lipinski definition) is 0. The van der Waals surface area contributed by atoms with Gasteiger partial charge in [0.25, 0.3) is 0 Å². The van der Waals surface area contributed by atoms with Crippen molar-refractivity contribution >= 4 is 34.9 Å². The van der Waals surface area contributed by atoms with Gasteiger partial charge in [0.05, 0.1) is 4.91 Å². The van der Waals surface area contributed by atoms with E-state index in [-0.39, 0.29) is 11.6 Å². The first-order valence-electron chi connectivity index (χ1n) is 4.56. The summed E-state index contributed by atoms with van der Waals surface area (Å²) >= 11 is 7.02. The van der Waals surface area contributed by atoms with Gasteiger partial charge in [0, 0.05) is 16.0 Å². The molecule has 4 heteroatoms. The van der Waals surface area contributed by atoms with Crippen LogP contribution in [0.1, 0.15) is 0 Å². The number of thioether (sulfide) groups is 1. The Balaban J connectivity index is 2.18. The van der Waals surface area contributed by atoms with E-state index in [0.29, 0.717) is 9.93 Å². The van der Waals surface area contributed by atoms with Crippen molar-refractivity contribution in [3.8, 4) is 0 Å². The molecule has 2 rings (SSSR count). The number of ketones is 2. The number of halogens is 1. The molecule has 0 spiro atoms. The standard InChI is InChI=1S/C12H7ClO2S/c13-8-1-4-10(5-2-8)16-12-7-9(14)3-6-11(12)15/h1-7H. The van der Waals surface area contributed by atoms with Gasteiger partial charge in [-0.05, 0) is 36.4 Å². The van der Waals surface area contributed by atoms with Gasteiger partial charge in [-0.25, -0.2) is 0 Å². The molecule has 1 aromatic carbocycles.